The van der Waals surface area contributed by atoms with Gasteiger partial charge in [-0.25, -0.2) is 0 Å². The molecule has 1 aromatic carbocycles. The van der Waals surface area contributed by atoms with Crippen molar-refractivity contribution >= 4 is 16.6 Å². The maximum atomic E-state index is 5.50. The van der Waals surface area contributed by atoms with E-state index in [4.69, 9.17) is 9.47 Å². The second kappa shape index (κ2) is 8.02. The van der Waals surface area contributed by atoms with Crippen LogP contribution in [0.3, 0.4) is 0 Å². The van der Waals surface area contributed by atoms with E-state index in [9.17, 15) is 0 Å². The highest BCUT2D eigenvalue weighted by atomic mass is 16.5. The first kappa shape index (κ1) is 17.3. The number of fused-ring (bicyclic) bond motifs is 1. The zero-order valence-corrected chi connectivity index (χ0v) is 14.7. The van der Waals surface area contributed by atoms with E-state index in [-0.39, 0.29) is 0 Å². The molecule has 1 aromatic heterocycles. The van der Waals surface area contributed by atoms with Gasteiger partial charge in [-0.05, 0) is 52.5 Å². The number of benzene rings is 1. The molecule has 0 aliphatic heterocycles. The Labute approximate surface area is 138 Å². The molecular weight excluding hydrogens is 290 g/mol. The summed E-state index contributed by atoms with van der Waals surface area (Å²) < 4.78 is 11.0. The lowest BCUT2D eigenvalue weighted by Crippen LogP contribution is -2.19. The van der Waals surface area contributed by atoms with Gasteiger partial charge in [-0.1, -0.05) is 0 Å². The van der Waals surface area contributed by atoms with Crippen molar-refractivity contribution in [1.29, 1.82) is 0 Å². The summed E-state index contributed by atoms with van der Waals surface area (Å²) in [5.74, 6) is 1.44. The third kappa shape index (κ3) is 4.26. The van der Waals surface area contributed by atoms with Gasteiger partial charge in [-0.2, -0.15) is 0 Å². The Morgan fingerprint density at radius 1 is 1.26 bits per heavy atom. The highest BCUT2D eigenvalue weighted by molar-refractivity contribution is 5.97. The van der Waals surface area contributed by atoms with Crippen LogP contribution in [0.15, 0.2) is 24.4 Å². The van der Waals surface area contributed by atoms with Gasteiger partial charge >= 0.3 is 0 Å². The minimum atomic E-state index is 0.359. The smallest absolute Gasteiger partial charge is 0.170 e. The molecular formula is C18H27N3O2. The third-order valence-electron chi connectivity index (χ3n) is 3.88. The standard InChI is InChI=1S/C18H27N3O2/c1-13(8-7-11-21(2)3)20-15-12-16(22-4)18(23-5)14-9-6-10-19-17(14)15/h6,9-10,12-13,20H,7-8,11H2,1-5H3/t13-/m0/s1. The first-order valence-electron chi connectivity index (χ1n) is 7.97. The van der Waals surface area contributed by atoms with Gasteiger partial charge in [-0.3, -0.25) is 4.98 Å². The van der Waals surface area contributed by atoms with Gasteiger partial charge in [-0.15, -0.1) is 0 Å². The molecule has 0 fully saturated rings. The molecule has 0 aliphatic carbocycles. The lowest BCUT2D eigenvalue weighted by molar-refractivity contribution is 0.358. The predicted molar refractivity (Wildman–Crippen MR) is 95.7 cm³/mol. The number of ether oxygens (including phenoxy) is 2. The lowest BCUT2D eigenvalue weighted by atomic mass is 10.1. The maximum absolute atomic E-state index is 5.50. The Bertz CT molecular complexity index is 643. The van der Waals surface area contributed by atoms with E-state index in [1.54, 1.807) is 20.4 Å². The largest absolute Gasteiger partial charge is 0.493 e. The average molecular weight is 317 g/mol. The molecule has 5 heteroatoms. The van der Waals surface area contributed by atoms with Crippen molar-refractivity contribution in [3.8, 4) is 11.5 Å². The van der Waals surface area contributed by atoms with Crippen molar-refractivity contribution in [3.05, 3.63) is 24.4 Å². The van der Waals surface area contributed by atoms with Crippen LogP contribution in [-0.2, 0) is 0 Å². The molecule has 0 saturated heterocycles. The fourth-order valence-corrected chi connectivity index (χ4v) is 2.72. The summed E-state index contributed by atoms with van der Waals surface area (Å²) in [6.07, 6.45) is 4.05. The highest BCUT2D eigenvalue weighted by Gasteiger charge is 2.15. The topological polar surface area (TPSA) is 46.6 Å². The highest BCUT2D eigenvalue weighted by Crippen LogP contribution is 2.39. The summed E-state index contributed by atoms with van der Waals surface area (Å²) in [4.78, 5) is 6.73. The molecule has 0 unspecified atom stereocenters. The van der Waals surface area contributed by atoms with Gasteiger partial charge < -0.3 is 19.7 Å². The Morgan fingerprint density at radius 2 is 2.04 bits per heavy atom. The Kier molecular flexibility index (Phi) is 6.04. The third-order valence-corrected chi connectivity index (χ3v) is 3.88. The number of hydrogen-bond donors (Lipinski definition) is 1. The monoisotopic (exact) mass is 317 g/mol. The summed E-state index contributed by atoms with van der Waals surface area (Å²) in [7, 11) is 7.51. The number of methoxy groups -OCH3 is 2. The summed E-state index contributed by atoms with van der Waals surface area (Å²) in [6, 6.07) is 6.25. The van der Waals surface area contributed by atoms with Crippen LogP contribution in [0.4, 0.5) is 5.69 Å². The second-order valence-corrected chi connectivity index (χ2v) is 6.05. The molecule has 23 heavy (non-hydrogen) atoms. The molecule has 0 spiro atoms. The fourth-order valence-electron chi connectivity index (χ4n) is 2.72. The van der Waals surface area contributed by atoms with Crippen molar-refractivity contribution in [2.75, 3.05) is 40.2 Å². The number of aromatic nitrogens is 1. The molecule has 1 heterocycles. The Hall–Kier alpha value is -2.01. The Morgan fingerprint density at radius 3 is 2.70 bits per heavy atom. The van der Waals surface area contributed by atoms with Crippen LogP contribution in [-0.4, -0.2) is 50.8 Å². The van der Waals surface area contributed by atoms with Crippen LogP contribution >= 0.6 is 0 Å². The van der Waals surface area contributed by atoms with E-state index in [0.29, 0.717) is 6.04 Å². The average Bonchev–Trinajstić information content (AvgIpc) is 2.54. The first-order valence-corrected chi connectivity index (χ1v) is 7.97. The second-order valence-electron chi connectivity index (χ2n) is 6.05. The van der Waals surface area contributed by atoms with Gasteiger partial charge in [0.25, 0.3) is 0 Å². The first-order chi connectivity index (χ1) is 11.1. The number of hydrogen-bond acceptors (Lipinski definition) is 5. The van der Waals surface area contributed by atoms with Crippen LogP contribution in [0.25, 0.3) is 10.9 Å². The van der Waals surface area contributed by atoms with E-state index in [2.05, 4.69) is 36.2 Å². The number of nitrogens with one attached hydrogen (secondary N) is 1. The minimum absolute atomic E-state index is 0.359. The van der Waals surface area contributed by atoms with Crippen molar-refractivity contribution in [2.45, 2.75) is 25.8 Å². The lowest BCUT2D eigenvalue weighted by Gasteiger charge is -2.19. The van der Waals surface area contributed by atoms with Gasteiger partial charge in [0.05, 0.1) is 25.4 Å². The molecule has 126 valence electrons. The number of pyridine rings is 1. The van der Waals surface area contributed by atoms with Crippen LogP contribution in [0, 0.1) is 0 Å². The van der Waals surface area contributed by atoms with Crippen LogP contribution in [0.2, 0.25) is 0 Å². The molecule has 2 aromatic rings. The maximum Gasteiger partial charge on any atom is 0.170 e. The van der Waals surface area contributed by atoms with Crippen LogP contribution in [0.5, 0.6) is 11.5 Å². The van der Waals surface area contributed by atoms with Crippen LogP contribution < -0.4 is 14.8 Å². The zero-order valence-electron chi connectivity index (χ0n) is 14.7. The van der Waals surface area contributed by atoms with E-state index in [1.807, 2.05) is 18.2 Å². The fraction of sp³-hybridized carbons (Fsp3) is 0.500. The van der Waals surface area contributed by atoms with Crippen molar-refractivity contribution in [3.63, 3.8) is 0 Å². The van der Waals surface area contributed by atoms with Crippen molar-refractivity contribution in [1.82, 2.24) is 9.88 Å². The van der Waals surface area contributed by atoms with Crippen molar-refractivity contribution < 1.29 is 9.47 Å². The summed E-state index contributed by atoms with van der Waals surface area (Å²) in [5.41, 5.74) is 1.89. The Balaban J connectivity index is 2.26. The molecule has 0 aliphatic rings. The number of rotatable bonds is 8. The predicted octanol–water partition coefficient (Wildman–Crippen LogP) is 3.39. The summed E-state index contributed by atoms with van der Waals surface area (Å²) in [5, 5.41) is 4.52. The molecule has 2 rings (SSSR count). The molecule has 5 nitrogen and oxygen atoms in total. The molecule has 0 bridgehead atoms. The van der Waals surface area contributed by atoms with Crippen LogP contribution in [0.1, 0.15) is 19.8 Å². The zero-order chi connectivity index (χ0) is 16.8. The van der Waals surface area contributed by atoms with Gasteiger partial charge in [0.2, 0.25) is 0 Å². The quantitative estimate of drug-likeness (QED) is 0.808. The normalized spacial score (nSPS) is 12.4. The molecule has 0 radical (unpaired) electrons. The van der Waals surface area contributed by atoms with Gasteiger partial charge in [0, 0.05) is 23.7 Å². The van der Waals surface area contributed by atoms with E-state index >= 15 is 0 Å². The summed E-state index contributed by atoms with van der Waals surface area (Å²) in [6.45, 7) is 3.29. The van der Waals surface area contributed by atoms with Gasteiger partial charge in [0.1, 0.15) is 0 Å². The SMILES string of the molecule is COc1cc(N[C@@H](C)CCCN(C)C)c2ncccc2c1OC. The number of nitrogens with zero attached hydrogens (tertiary/aromatic N) is 2. The molecule has 1 N–H and O–H groups in total. The van der Waals surface area contributed by atoms with Gasteiger partial charge in [0.15, 0.2) is 11.5 Å². The molecule has 0 saturated carbocycles. The number of anilines is 1. The molecule has 0 amide bonds. The van der Waals surface area contributed by atoms with Crippen molar-refractivity contribution in [2.24, 2.45) is 0 Å². The molecule has 1 atom stereocenters. The van der Waals surface area contributed by atoms with E-state index in [0.717, 1.165) is 47.5 Å². The summed E-state index contributed by atoms with van der Waals surface area (Å²) >= 11 is 0. The van der Waals surface area contributed by atoms with E-state index < -0.39 is 0 Å². The van der Waals surface area contributed by atoms with E-state index in [1.165, 1.54) is 0 Å². The minimum Gasteiger partial charge on any atom is -0.493 e.